The van der Waals surface area contributed by atoms with Crippen LogP contribution in [-0.2, 0) is 5.54 Å². The van der Waals surface area contributed by atoms with Gasteiger partial charge in [0.1, 0.15) is 11.5 Å². The maximum Gasteiger partial charge on any atom is 0.143 e. The van der Waals surface area contributed by atoms with Crippen molar-refractivity contribution in [1.82, 2.24) is 0 Å². The molecular formula is C12H18ClNO2. The van der Waals surface area contributed by atoms with E-state index in [1.807, 2.05) is 26.8 Å². The Labute approximate surface area is 101 Å². The van der Waals surface area contributed by atoms with Crippen LogP contribution in [-0.4, -0.2) is 14.2 Å². The van der Waals surface area contributed by atoms with Crippen LogP contribution in [0.2, 0.25) is 5.02 Å². The van der Waals surface area contributed by atoms with Gasteiger partial charge in [0.2, 0.25) is 0 Å². The van der Waals surface area contributed by atoms with Crippen molar-refractivity contribution in [3.63, 3.8) is 0 Å². The molecule has 0 heterocycles. The highest BCUT2D eigenvalue weighted by Gasteiger charge is 2.24. The third-order valence-corrected chi connectivity index (χ3v) is 2.99. The summed E-state index contributed by atoms with van der Waals surface area (Å²) in [5.41, 5.74) is 7.24. The maximum atomic E-state index is 6.23. The van der Waals surface area contributed by atoms with Crippen molar-refractivity contribution >= 4 is 11.6 Å². The van der Waals surface area contributed by atoms with Gasteiger partial charge < -0.3 is 15.2 Å². The van der Waals surface area contributed by atoms with Crippen molar-refractivity contribution in [2.45, 2.75) is 26.3 Å². The Morgan fingerprint density at radius 3 is 2.19 bits per heavy atom. The fourth-order valence-corrected chi connectivity index (χ4v) is 1.86. The third kappa shape index (κ3) is 2.25. The number of hydrogen-bond acceptors (Lipinski definition) is 3. The predicted octanol–water partition coefficient (Wildman–Crippen LogP) is 2.86. The van der Waals surface area contributed by atoms with E-state index in [4.69, 9.17) is 26.8 Å². The molecule has 90 valence electrons. The second-order valence-corrected chi connectivity index (χ2v) is 4.70. The number of ether oxygens (including phenoxy) is 2. The molecule has 0 atom stereocenters. The molecule has 0 aliphatic heterocycles. The van der Waals surface area contributed by atoms with Gasteiger partial charge in [-0.15, -0.1) is 0 Å². The summed E-state index contributed by atoms with van der Waals surface area (Å²) in [5.74, 6) is 1.34. The molecule has 0 aromatic heterocycles. The normalized spacial score (nSPS) is 11.4. The maximum absolute atomic E-state index is 6.23. The first-order chi connectivity index (χ1) is 7.32. The molecule has 0 saturated carbocycles. The smallest absolute Gasteiger partial charge is 0.143 e. The molecule has 0 spiro atoms. The van der Waals surface area contributed by atoms with Crippen LogP contribution in [0, 0.1) is 6.92 Å². The summed E-state index contributed by atoms with van der Waals surface area (Å²) < 4.78 is 10.6. The minimum atomic E-state index is -0.532. The van der Waals surface area contributed by atoms with E-state index in [1.54, 1.807) is 14.2 Å². The van der Waals surface area contributed by atoms with E-state index in [1.165, 1.54) is 0 Å². The quantitative estimate of drug-likeness (QED) is 0.888. The number of benzene rings is 1. The van der Waals surface area contributed by atoms with E-state index >= 15 is 0 Å². The lowest BCUT2D eigenvalue weighted by atomic mass is 9.93. The van der Waals surface area contributed by atoms with Gasteiger partial charge >= 0.3 is 0 Å². The Morgan fingerprint density at radius 2 is 1.81 bits per heavy atom. The van der Waals surface area contributed by atoms with Crippen LogP contribution in [0.15, 0.2) is 6.07 Å². The molecule has 16 heavy (non-hydrogen) atoms. The van der Waals surface area contributed by atoms with Crippen molar-refractivity contribution < 1.29 is 9.47 Å². The minimum Gasteiger partial charge on any atom is -0.496 e. The molecule has 0 bridgehead atoms. The van der Waals surface area contributed by atoms with Crippen molar-refractivity contribution in [2.24, 2.45) is 5.73 Å². The van der Waals surface area contributed by atoms with Gasteiger partial charge in [-0.25, -0.2) is 0 Å². The highest BCUT2D eigenvalue weighted by Crippen LogP contribution is 2.41. The second kappa shape index (κ2) is 4.52. The third-order valence-electron chi connectivity index (χ3n) is 2.54. The van der Waals surface area contributed by atoms with Crippen LogP contribution >= 0.6 is 11.6 Å². The fraction of sp³-hybridized carbons (Fsp3) is 0.500. The van der Waals surface area contributed by atoms with Crippen molar-refractivity contribution in [1.29, 1.82) is 0 Å². The van der Waals surface area contributed by atoms with E-state index in [-0.39, 0.29) is 0 Å². The van der Waals surface area contributed by atoms with E-state index < -0.39 is 5.54 Å². The van der Waals surface area contributed by atoms with Crippen LogP contribution in [0.1, 0.15) is 25.0 Å². The largest absolute Gasteiger partial charge is 0.496 e. The fourth-order valence-electron chi connectivity index (χ4n) is 1.59. The SMILES string of the molecule is COc1cc(C(C)(C)N)c(OC)c(Cl)c1C. The molecule has 0 aliphatic carbocycles. The van der Waals surface area contributed by atoms with Gasteiger partial charge in [-0.2, -0.15) is 0 Å². The molecule has 2 N–H and O–H groups in total. The Hall–Kier alpha value is -0.930. The zero-order chi connectivity index (χ0) is 12.5. The number of nitrogens with two attached hydrogens (primary N) is 1. The molecule has 0 unspecified atom stereocenters. The standard InChI is InChI=1S/C12H18ClNO2/c1-7-9(15-4)6-8(12(2,3)14)11(16-5)10(7)13/h6H,14H2,1-5H3. The van der Waals surface area contributed by atoms with Crippen LogP contribution < -0.4 is 15.2 Å². The number of halogens is 1. The summed E-state index contributed by atoms with van der Waals surface area (Å²) in [4.78, 5) is 0. The van der Waals surface area contributed by atoms with Gasteiger partial charge in [0.25, 0.3) is 0 Å². The summed E-state index contributed by atoms with van der Waals surface area (Å²) in [6, 6.07) is 1.88. The Balaban J connectivity index is 3.54. The van der Waals surface area contributed by atoms with Gasteiger partial charge in [-0.1, -0.05) is 11.6 Å². The van der Waals surface area contributed by atoms with Crippen LogP contribution in [0.25, 0.3) is 0 Å². The van der Waals surface area contributed by atoms with Gasteiger partial charge in [0, 0.05) is 16.7 Å². The zero-order valence-corrected chi connectivity index (χ0v) is 11.1. The second-order valence-electron chi connectivity index (χ2n) is 4.32. The first kappa shape index (κ1) is 13.1. The molecule has 0 saturated heterocycles. The van der Waals surface area contributed by atoms with Gasteiger partial charge in [0.15, 0.2) is 0 Å². The molecule has 0 fully saturated rings. The minimum absolute atomic E-state index is 0.532. The van der Waals surface area contributed by atoms with Gasteiger partial charge in [-0.05, 0) is 26.8 Å². The lowest BCUT2D eigenvalue weighted by molar-refractivity contribution is 0.383. The number of rotatable bonds is 3. The average molecular weight is 244 g/mol. The molecule has 3 nitrogen and oxygen atoms in total. The van der Waals surface area contributed by atoms with E-state index in [0.717, 1.165) is 16.9 Å². The number of methoxy groups -OCH3 is 2. The van der Waals surface area contributed by atoms with Crippen LogP contribution in [0.3, 0.4) is 0 Å². The topological polar surface area (TPSA) is 44.5 Å². The molecular weight excluding hydrogens is 226 g/mol. The molecule has 1 aromatic carbocycles. The van der Waals surface area contributed by atoms with Crippen molar-refractivity contribution in [3.05, 3.63) is 22.2 Å². The molecule has 1 aromatic rings. The summed E-state index contributed by atoms with van der Waals surface area (Å²) in [6.45, 7) is 5.68. The predicted molar refractivity (Wildman–Crippen MR) is 66.5 cm³/mol. The highest BCUT2D eigenvalue weighted by molar-refractivity contribution is 6.33. The van der Waals surface area contributed by atoms with Crippen LogP contribution in [0.4, 0.5) is 0 Å². The lowest BCUT2D eigenvalue weighted by Gasteiger charge is -2.24. The zero-order valence-electron chi connectivity index (χ0n) is 10.3. The van der Waals surface area contributed by atoms with Gasteiger partial charge in [0.05, 0.1) is 19.2 Å². The van der Waals surface area contributed by atoms with E-state index in [9.17, 15) is 0 Å². The van der Waals surface area contributed by atoms with E-state index in [0.29, 0.717) is 10.8 Å². The molecule has 0 radical (unpaired) electrons. The lowest BCUT2D eigenvalue weighted by Crippen LogP contribution is -2.29. The summed E-state index contributed by atoms with van der Waals surface area (Å²) >= 11 is 6.23. The molecule has 0 aliphatic rings. The van der Waals surface area contributed by atoms with E-state index in [2.05, 4.69) is 0 Å². The van der Waals surface area contributed by atoms with Crippen molar-refractivity contribution in [2.75, 3.05) is 14.2 Å². The monoisotopic (exact) mass is 243 g/mol. The van der Waals surface area contributed by atoms with Crippen molar-refractivity contribution in [3.8, 4) is 11.5 Å². The molecule has 4 heteroatoms. The first-order valence-corrected chi connectivity index (χ1v) is 5.41. The summed E-state index contributed by atoms with van der Waals surface area (Å²) in [6.07, 6.45) is 0. The number of hydrogen-bond donors (Lipinski definition) is 1. The van der Waals surface area contributed by atoms with Crippen LogP contribution in [0.5, 0.6) is 11.5 Å². The molecule has 1 rings (SSSR count). The average Bonchev–Trinajstić information content (AvgIpc) is 2.20. The summed E-state index contributed by atoms with van der Waals surface area (Å²) in [7, 11) is 3.20. The Morgan fingerprint density at radius 1 is 1.25 bits per heavy atom. The highest BCUT2D eigenvalue weighted by atomic mass is 35.5. The first-order valence-electron chi connectivity index (χ1n) is 5.03. The summed E-state index contributed by atoms with van der Waals surface area (Å²) in [5, 5.41) is 0.551. The molecule has 0 amide bonds. The Kier molecular flexibility index (Phi) is 3.71. The Bertz CT molecular complexity index is 397. The van der Waals surface area contributed by atoms with Gasteiger partial charge in [-0.3, -0.25) is 0 Å².